The molecule has 0 heterocycles. The summed E-state index contributed by atoms with van der Waals surface area (Å²) in [5, 5.41) is 37.5. The summed E-state index contributed by atoms with van der Waals surface area (Å²) in [5.74, 6) is 0. The molecular formula is C6N6W-6. The van der Waals surface area contributed by atoms with E-state index in [9.17, 15) is 0 Å². The molecule has 0 fully saturated rings. The van der Waals surface area contributed by atoms with E-state index in [1.165, 1.54) is 0 Å². The van der Waals surface area contributed by atoms with Crippen molar-refractivity contribution in [2.45, 2.75) is 0 Å². The van der Waals surface area contributed by atoms with Crippen LogP contribution in [0.4, 0.5) is 0 Å². The van der Waals surface area contributed by atoms with Gasteiger partial charge < -0.3 is 71.0 Å². The van der Waals surface area contributed by atoms with Crippen LogP contribution in [0.25, 0.3) is 0 Å². The third kappa shape index (κ3) is 99.6. The van der Waals surface area contributed by atoms with Crippen LogP contribution in [0, 0.1) is 71.0 Å². The van der Waals surface area contributed by atoms with E-state index in [1.807, 2.05) is 0 Å². The van der Waals surface area contributed by atoms with Gasteiger partial charge in [0.25, 0.3) is 0 Å². The van der Waals surface area contributed by atoms with Crippen LogP contribution < -0.4 is 0 Å². The minimum absolute atomic E-state index is 0. The van der Waals surface area contributed by atoms with Gasteiger partial charge in [0.05, 0.1) is 0 Å². The molecule has 0 saturated carbocycles. The van der Waals surface area contributed by atoms with E-state index >= 15 is 0 Å². The summed E-state index contributed by atoms with van der Waals surface area (Å²) in [4.78, 5) is 0. The maximum Gasteiger partial charge on any atom is 0 e. The summed E-state index contributed by atoms with van der Waals surface area (Å²) in [6.07, 6.45) is 0. The molecule has 6 nitrogen and oxygen atoms in total. The molecule has 0 aromatic carbocycles. The fourth-order valence-electron chi connectivity index (χ4n) is 0. The molecule has 0 aromatic heterocycles. The summed E-state index contributed by atoms with van der Waals surface area (Å²) < 4.78 is 0. The molecular weight excluding hydrogens is 340 g/mol. The minimum atomic E-state index is 0. The van der Waals surface area contributed by atoms with E-state index < -0.39 is 0 Å². The molecule has 0 rings (SSSR count). The Morgan fingerprint density at radius 3 is 0.308 bits per heavy atom. The third-order valence-electron chi connectivity index (χ3n) is 0. The van der Waals surface area contributed by atoms with E-state index in [0.717, 1.165) is 0 Å². The van der Waals surface area contributed by atoms with Crippen LogP contribution in [0.5, 0.6) is 0 Å². The maximum atomic E-state index is 6.25. The molecule has 7 heteroatoms. The second kappa shape index (κ2) is 127. The van der Waals surface area contributed by atoms with Crippen LogP contribution >= 0.6 is 0 Å². The molecule has 66 valence electrons. The smallest absolute Gasteiger partial charge is 0 e. The monoisotopic (exact) mass is 340 g/mol. The van der Waals surface area contributed by atoms with E-state index in [1.54, 1.807) is 0 Å². The predicted octanol–water partition coefficient (Wildman–Crippen LogP) is 0.576. The van der Waals surface area contributed by atoms with Gasteiger partial charge in [-0.15, -0.1) is 0 Å². The number of nitrogens with zero attached hydrogens (tertiary/aromatic N) is 6. The van der Waals surface area contributed by atoms with E-state index in [2.05, 4.69) is 0 Å². The van der Waals surface area contributed by atoms with E-state index in [0.29, 0.717) is 0 Å². The Hall–Kier alpha value is -2.37. The van der Waals surface area contributed by atoms with Crippen molar-refractivity contribution in [1.82, 2.24) is 0 Å². The number of rotatable bonds is 0. The van der Waals surface area contributed by atoms with Gasteiger partial charge in [-0.1, -0.05) is 0 Å². The van der Waals surface area contributed by atoms with Crippen LogP contribution in [0.2, 0.25) is 0 Å². The normalized spacial score (nSPS) is 0.923. The molecule has 0 aliphatic carbocycles. The maximum absolute atomic E-state index is 6.25. The Balaban J connectivity index is -0.00000000655. The average molecular weight is 340 g/mol. The standard InChI is InChI=1S/6CN.W/c6*1-2;/q6*-1;. The van der Waals surface area contributed by atoms with Gasteiger partial charge in [0, 0.05) is 21.1 Å². The molecule has 0 aromatic rings. The summed E-state index contributed by atoms with van der Waals surface area (Å²) in [7, 11) is 0. The van der Waals surface area contributed by atoms with Crippen LogP contribution in [0.15, 0.2) is 0 Å². The zero-order valence-electron chi connectivity index (χ0n) is 6.09. The fraction of sp³-hybridized carbons (Fsp3) is 0. The minimum Gasteiger partial charge on any atom is -0.512 e. The summed E-state index contributed by atoms with van der Waals surface area (Å²) >= 11 is 0. The molecule has 0 radical (unpaired) electrons. The Bertz CT molecular complexity index is 92.1. The first-order chi connectivity index (χ1) is 6.00. The van der Waals surface area contributed by atoms with Gasteiger partial charge in [0.15, 0.2) is 0 Å². The zero-order valence-corrected chi connectivity index (χ0v) is 9.02. The molecule has 0 atom stereocenters. The first kappa shape index (κ1) is 74.8. The Kier molecular flexibility index (Phi) is 734. The molecule has 0 N–H and O–H groups in total. The molecule has 0 aliphatic heterocycles. The van der Waals surface area contributed by atoms with Gasteiger partial charge in [-0.05, 0) is 0 Å². The zero-order chi connectivity index (χ0) is 12.0. The molecule has 0 aliphatic rings. The summed E-state index contributed by atoms with van der Waals surface area (Å²) in [6.45, 7) is 28.5. The predicted molar refractivity (Wildman–Crippen MR) is 29.8 cm³/mol. The van der Waals surface area contributed by atoms with Crippen molar-refractivity contribution in [3.63, 3.8) is 0 Å². The Labute approximate surface area is 92.3 Å². The molecule has 0 spiro atoms. The van der Waals surface area contributed by atoms with Gasteiger partial charge in [0.1, 0.15) is 0 Å². The number of hydrogen-bond donors (Lipinski definition) is 0. The van der Waals surface area contributed by atoms with Crippen molar-refractivity contribution in [2.75, 3.05) is 0 Å². The molecule has 0 amide bonds. The van der Waals surface area contributed by atoms with Gasteiger partial charge in [-0.2, -0.15) is 0 Å². The first-order valence-corrected chi connectivity index (χ1v) is 1.34. The molecule has 0 bridgehead atoms. The van der Waals surface area contributed by atoms with Crippen molar-refractivity contribution in [1.29, 1.82) is 31.6 Å². The van der Waals surface area contributed by atoms with Crippen LogP contribution in [-0.4, -0.2) is 0 Å². The van der Waals surface area contributed by atoms with Gasteiger partial charge in [-0.25, -0.2) is 0 Å². The summed E-state index contributed by atoms with van der Waals surface area (Å²) in [6, 6.07) is 0. The Morgan fingerprint density at radius 2 is 0.308 bits per heavy atom. The second-order valence-corrected chi connectivity index (χ2v) is 0. The molecule has 0 saturated heterocycles. The average Bonchev–Trinajstić information content (AvgIpc) is 2.33. The largest absolute Gasteiger partial charge is 0.512 e. The number of hydrogen-bond acceptors (Lipinski definition) is 6. The van der Waals surface area contributed by atoms with Crippen molar-refractivity contribution >= 4 is 0 Å². The summed E-state index contributed by atoms with van der Waals surface area (Å²) in [5.41, 5.74) is 0. The fourth-order valence-corrected chi connectivity index (χ4v) is 0. The van der Waals surface area contributed by atoms with Crippen molar-refractivity contribution in [3.8, 4) is 0 Å². The molecule has 13 heavy (non-hydrogen) atoms. The quantitative estimate of drug-likeness (QED) is 0.590. The van der Waals surface area contributed by atoms with Crippen LogP contribution in [-0.2, 0) is 21.1 Å². The topological polar surface area (TPSA) is 143 Å². The van der Waals surface area contributed by atoms with Crippen molar-refractivity contribution in [2.24, 2.45) is 0 Å². The second-order valence-electron chi connectivity index (χ2n) is 0. The third-order valence-corrected chi connectivity index (χ3v) is 0. The molecule has 0 unspecified atom stereocenters. The van der Waals surface area contributed by atoms with Crippen LogP contribution in [0.3, 0.4) is 0 Å². The van der Waals surface area contributed by atoms with Gasteiger partial charge in [0.2, 0.25) is 0 Å². The van der Waals surface area contributed by atoms with Crippen molar-refractivity contribution in [3.05, 3.63) is 39.4 Å². The first-order valence-electron chi connectivity index (χ1n) is 1.34. The van der Waals surface area contributed by atoms with Crippen LogP contribution in [0.1, 0.15) is 0 Å². The van der Waals surface area contributed by atoms with Crippen molar-refractivity contribution < 1.29 is 21.1 Å². The van der Waals surface area contributed by atoms with E-state index in [4.69, 9.17) is 71.0 Å². The van der Waals surface area contributed by atoms with E-state index in [-0.39, 0.29) is 21.1 Å². The van der Waals surface area contributed by atoms with Gasteiger partial charge >= 0.3 is 0 Å². The van der Waals surface area contributed by atoms with Gasteiger partial charge in [-0.3, -0.25) is 0 Å². The Morgan fingerprint density at radius 1 is 0.308 bits per heavy atom. The SMILES string of the molecule is [C-]#N.[C-]#N.[C-]#N.[C-]#N.[C-]#N.[C-]#N.[W].